The maximum absolute atomic E-state index is 5.72. The van der Waals surface area contributed by atoms with E-state index in [0.29, 0.717) is 12.1 Å². The Hall–Kier alpha value is 0.130. The van der Waals surface area contributed by atoms with Gasteiger partial charge in [0, 0.05) is 37.8 Å². The van der Waals surface area contributed by atoms with Crippen LogP contribution in [0.4, 0.5) is 0 Å². The Kier molecular flexibility index (Phi) is 8.51. The highest BCUT2D eigenvalue weighted by Crippen LogP contribution is 2.31. The first-order chi connectivity index (χ1) is 12.4. The van der Waals surface area contributed by atoms with E-state index in [1.165, 1.54) is 83.8 Å². The molecule has 5 heteroatoms. The lowest BCUT2D eigenvalue weighted by molar-refractivity contribution is 0.0519. The summed E-state index contributed by atoms with van der Waals surface area (Å²) in [5, 5.41) is 7.71. The van der Waals surface area contributed by atoms with Gasteiger partial charge in [-0.1, -0.05) is 25.7 Å². The summed E-state index contributed by atoms with van der Waals surface area (Å²) < 4.78 is 5.72. The van der Waals surface area contributed by atoms with Crippen LogP contribution >= 0.6 is 12.4 Å². The first-order valence-corrected chi connectivity index (χ1v) is 11.2. The van der Waals surface area contributed by atoms with Gasteiger partial charge in [-0.2, -0.15) is 0 Å². The highest BCUT2D eigenvalue weighted by atomic mass is 35.5. The molecule has 0 bridgehead atoms. The number of ether oxygens (including phenoxy) is 1. The number of hydrogen-bond donors (Lipinski definition) is 2. The van der Waals surface area contributed by atoms with Crippen LogP contribution in [-0.2, 0) is 4.74 Å². The van der Waals surface area contributed by atoms with E-state index in [1.807, 2.05) is 0 Å². The van der Waals surface area contributed by atoms with Crippen molar-refractivity contribution in [3.05, 3.63) is 0 Å². The maximum atomic E-state index is 5.72. The highest BCUT2D eigenvalue weighted by Gasteiger charge is 2.35. The van der Waals surface area contributed by atoms with E-state index in [9.17, 15) is 0 Å². The van der Waals surface area contributed by atoms with Crippen LogP contribution in [-0.4, -0.2) is 62.4 Å². The number of morpholine rings is 1. The quantitative estimate of drug-likeness (QED) is 0.736. The number of nitrogens with one attached hydrogen (secondary N) is 2. The van der Waals surface area contributed by atoms with Crippen LogP contribution in [0.2, 0.25) is 0 Å². The zero-order valence-corrected chi connectivity index (χ0v) is 17.3. The van der Waals surface area contributed by atoms with Gasteiger partial charge in [0.25, 0.3) is 0 Å². The van der Waals surface area contributed by atoms with Crippen molar-refractivity contribution in [2.45, 2.75) is 82.3 Å². The summed E-state index contributed by atoms with van der Waals surface area (Å²) in [4.78, 5) is 2.83. The summed E-state index contributed by atoms with van der Waals surface area (Å²) in [7, 11) is 0. The standard InChI is InChI=1S/C21H39N3O.ClH/c1-2-6-17(7-3-1)15-24-12-5-8-18(24)14-23-20-10-4-9-19(20)21-16-25-13-11-22-21;/h17-23H,1-16H2;1H. The van der Waals surface area contributed by atoms with E-state index < -0.39 is 0 Å². The van der Waals surface area contributed by atoms with Gasteiger partial charge in [-0.15, -0.1) is 12.4 Å². The van der Waals surface area contributed by atoms with E-state index in [-0.39, 0.29) is 12.4 Å². The second kappa shape index (κ2) is 10.6. The molecule has 0 aromatic rings. The Morgan fingerprint density at radius 1 is 0.962 bits per heavy atom. The molecule has 2 saturated carbocycles. The zero-order valence-electron chi connectivity index (χ0n) is 16.5. The average Bonchev–Trinajstić information content (AvgIpc) is 3.31. The largest absolute Gasteiger partial charge is 0.379 e. The molecule has 4 atom stereocenters. The first-order valence-electron chi connectivity index (χ1n) is 11.2. The smallest absolute Gasteiger partial charge is 0.0623 e. The molecule has 0 radical (unpaired) electrons. The van der Waals surface area contributed by atoms with Crippen molar-refractivity contribution in [3.63, 3.8) is 0 Å². The zero-order chi connectivity index (χ0) is 16.9. The van der Waals surface area contributed by atoms with Crippen molar-refractivity contribution in [2.75, 3.05) is 39.4 Å². The fourth-order valence-electron chi connectivity index (χ4n) is 5.94. The van der Waals surface area contributed by atoms with Gasteiger partial charge in [-0.3, -0.25) is 4.90 Å². The van der Waals surface area contributed by atoms with Crippen LogP contribution in [0.3, 0.4) is 0 Å². The molecule has 2 N–H and O–H groups in total. The molecule has 2 aliphatic heterocycles. The second-order valence-electron chi connectivity index (χ2n) is 9.04. The summed E-state index contributed by atoms with van der Waals surface area (Å²) in [6, 6.07) is 2.07. The Morgan fingerprint density at radius 3 is 2.65 bits per heavy atom. The molecule has 2 aliphatic carbocycles. The molecule has 4 unspecified atom stereocenters. The maximum Gasteiger partial charge on any atom is 0.0623 e. The highest BCUT2D eigenvalue weighted by molar-refractivity contribution is 5.85. The second-order valence-corrected chi connectivity index (χ2v) is 9.04. The van der Waals surface area contributed by atoms with E-state index in [2.05, 4.69) is 15.5 Å². The van der Waals surface area contributed by atoms with Crippen molar-refractivity contribution in [1.82, 2.24) is 15.5 Å². The summed E-state index contributed by atoms with van der Waals surface area (Å²) in [5.41, 5.74) is 0. The molecule has 2 heterocycles. The molecular weight excluding hydrogens is 346 g/mol. The van der Waals surface area contributed by atoms with Crippen molar-refractivity contribution in [2.24, 2.45) is 11.8 Å². The summed E-state index contributed by atoms with van der Waals surface area (Å²) in [5.74, 6) is 1.76. The third-order valence-corrected chi connectivity index (χ3v) is 7.37. The molecule has 152 valence electrons. The van der Waals surface area contributed by atoms with Gasteiger partial charge < -0.3 is 15.4 Å². The van der Waals surface area contributed by atoms with Gasteiger partial charge in [0.05, 0.1) is 13.2 Å². The van der Waals surface area contributed by atoms with Crippen molar-refractivity contribution in [3.8, 4) is 0 Å². The Morgan fingerprint density at radius 2 is 1.85 bits per heavy atom. The van der Waals surface area contributed by atoms with Gasteiger partial charge in [0.2, 0.25) is 0 Å². The van der Waals surface area contributed by atoms with Crippen LogP contribution in [0.15, 0.2) is 0 Å². The molecular formula is C21H40ClN3O. The molecule has 0 aromatic carbocycles. The van der Waals surface area contributed by atoms with Gasteiger partial charge in [-0.05, 0) is 56.9 Å². The minimum atomic E-state index is 0. The van der Waals surface area contributed by atoms with Crippen molar-refractivity contribution in [1.29, 1.82) is 0 Å². The van der Waals surface area contributed by atoms with Gasteiger partial charge in [0.1, 0.15) is 0 Å². The molecule has 4 aliphatic rings. The normalized spacial score (nSPS) is 36.9. The minimum absolute atomic E-state index is 0. The molecule has 0 aromatic heterocycles. The van der Waals surface area contributed by atoms with Crippen LogP contribution < -0.4 is 10.6 Å². The van der Waals surface area contributed by atoms with E-state index in [1.54, 1.807) is 0 Å². The van der Waals surface area contributed by atoms with Crippen molar-refractivity contribution < 1.29 is 4.74 Å². The number of likely N-dealkylation sites (tertiary alicyclic amines) is 1. The Bertz CT molecular complexity index is 399. The lowest BCUT2D eigenvalue weighted by atomic mass is 9.89. The van der Waals surface area contributed by atoms with Gasteiger partial charge in [-0.25, -0.2) is 0 Å². The number of rotatable bonds is 6. The SMILES string of the molecule is C1CCC(CN2CCCC2CNC2CCCC2C2COCCN2)CC1.Cl. The monoisotopic (exact) mass is 385 g/mol. The summed E-state index contributed by atoms with van der Waals surface area (Å²) in [6.45, 7) is 6.76. The summed E-state index contributed by atoms with van der Waals surface area (Å²) in [6.07, 6.45) is 14.3. The first kappa shape index (κ1) is 20.9. The fourth-order valence-corrected chi connectivity index (χ4v) is 5.94. The van der Waals surface area contributed by atoms with E-state index in [4.69, 9.17) is 4.74 Å². The molecule has 0 spiro atoms. The Balaban J connectivity index is 0.00000196. The number of hydrogen-bond acceptors (Lipinski definition) is 4. The lowest BCUT2D eigenvalue weighted by Gasteiger charge is -2.35. The van der Waals surface area contributed by atoms with Crippen LogP contribution in [0.25, 0.3) is 0 Å². The molecule has 2 saturated heterocycles. The van der Waals surface area contributed by atoms with Crippen LogP contribution in [0.5, 0.6) is 0 Å². The molecule has 4 fully saturated rings. The fraction of sp³-hybridized carbons (Fsp3) is 1.00. The lowest BCUT2D eigenvalue weighted by Crippen LogP contribution is -2.52. The minimum Gasteiger partial charge on any atom is -0.379 e. The molecule has 0 amide bonds. The predicted molar refractivity (Wildman–Crippen MR) is 110 cm³/mol. The van der Waals surface area contributed by atoms with Crippen molar-refractivity contribution >= 4 is 12.4 Å². The van der Waals surface area contributed by atoms with E-state index >= 15 is 0 Å². The van der Waals surface area contributed by atoms with Crippen LogP contribution in [0, 0.1) is 11.8 Å². The predicted octanol–water partition coefficient (Wildman–Crippen LogP) is 3.20. The molecule has 4 rings (SSSR count). The third kappa shape index (κ3) is 5.35. The molecule has 26 heavy (non-hydrogen) atoms. The number of nitrogens with zero attached hydrogens (tertiary/aromatic N) is 1. The molecule has 4 nitrogen and oxygen atoms in total. The number of halogens is 1. The van der Waals surface area contributed by atoms with Gasteiger partial charge >= 0.3 is 0 Å². The summed E-state index contributed by atoms with van der Waals surface area (Å²) >= 11 is 0. The average molecular weight is 386 g/mol. The van der Waals surface area contributed by atoms with E-state index in [0.717, 1.165) is 37.6 Å². The Labute approximate surface area is 166 Å². The third-order valence-electron chi connectivity index (χ3n) is 7.37. The van der Waals surface area contributed by atoms with Gasteiger partial charge in [0.15, 0.2) is 0 Å². The van der Waals surface area contributed by atoms with Crippen LogP contribution in [0.1, 0.15) is 64.2 Å². The topological polar surface area (TPSA) is 36.5 Å².